The highest BCUT2D eigenvalue weighted by atomic mass is 16.3. The Kier molecular flexibility index (Phi) is 2.76. The molecule has 2 aromatic heterocycles. The molecule has 2 aliphatic rings. The maximum Gasteiger partial charge on any atom is 0.0990 e. The third kappa shape index (κ3) is 1.78. The van der Waals surface area contributed by atoms with E-state index in [-0.39, 0.29) is 12.0 Å². The minimum atomic E-state index is -0.445. The summed E-state index contributed by atoms with van der Waals surface area (Å²) in [6.45, 7) is 0.987. The first-order chi connectivity index (χ1) is 11.3. The monoisotopic (exact) mass is 305 g/mol. The Morgan fingerprint density at radius 1 is 1.13 bits per heavy atom. The van der Waals surface area contributed by atoms with Gasteiger partial charge in [0.1, 0.15) is 0 Å². The van der Waals surface area contributed by atoms with Crippen LogP contribution in [0.4, 0.5) is 0 Å². The number of nitrogens with zero attached hydrogens (tertiary/aromatic N) is 3. The van der Waals surface area contributed by atoms with Crippen molar-refractivity contribution in [2.45, 2.75) is 31.5 Å². The van der Waals surface area contributed by atoms with Crippen LogP contribution in [-0.2, 0) is 6.54 Å². The Morgan fingerprint density at radius 2 is 2.04 bits per heavy atom. The SMILES string of the molecule is O[C@@H]1c2cccn2CCC[C@@H]1[C@H]1c2ccccc2-c2cncn21. The molecule has 3 atom stereocenters. The summed E-state index contributed by atoms with van der Waals surface area (Å²) in [6.07, 6.45) is 7.58. The molecule has 5 rings (SSSR count). The molecule has 0 unspecified atom stereocenters. The zero-order valence-corrected chi connectivity index (χ0v) is 12.8. The van der Waals surface area contributed by atoms with Gasteiger partial charge >= 0.3 is 0 Å². The quantitative estimate of drug-likeness (QED) is 0.749. The van der Waals surface area contributed by atoms with Gasteiger partial charge < -0.3 is 14.2 Å². The zero-order valence-electron chi connectivity index (χ0n) is 12.8. The Hall–Kier alpha value is -2.33. The number of hydrogen-bond acceptors (Lipinski definition) is 2. The van der Waals surface area contributed by atoms with Gasteiger partial charge in [-0.3, -0.25) is 0 Å². The predicted molar refractivity (Wildman–Crippen MR) is 87.9 cm³/mol. The molecule has 1 aromatic carbocycles. The molecule has 0 fully saturated rings. The van der Waals surface area contributed by atoms with Crippen LogP contribution in [0.15, 0.2) is 55.1 Å². The first-order valence-corrected chi connectivity index (χ1v) is 8.29. The Bertz CT molecular complexity index is 863. The molecule has 0 bridgehead atoms. The highest BCUT2D eigenvalue weighted by Gasteiger charge is 2.39. The summed E-state index contributed by atoms with van der Waals surface area (Å²) in [4.78, 5) is 4.35. The Morgan fingerprint density at radius 3 is 3.00 bits per heavy atom. The van der Waals surface area contributed by atoms with Gasteiger partial charge in [0.25, 0.3) is 0 Å². The van der Waals surface area contributed by atoms with Crippen LogP contribution in [0, 0.1) is 5.92 Å². The number of aryl methyl sites for hydroxylation is 1. The van der Waals surface area contributed by atoms with Crippen molar-refractivity contribution in [1.82, 2.24) is 14.1 Å². The molecule has 116 valence electrons. The summed E-state index contributed by atoms with van der Waals surface area (Å²) in [5.41, 5.74) is 4.77. The minimum absolute atomic E-state index is 0.167. The van der Waals surface area contributed by atoms with Crippen LogP contribution >= 0.6 is 0 Å². The van der Waals surface area contributed by atoms with Gasteiger partial charge in [-0.1, -0.05) is 24.3 Å². The van der Waals surface area contributed by atoms with Crippen LogP contribution in [-0.4, -0.2) is 19.2 Å². The van der Waals surface area contributed by atoms with Crippen LogP contribution in [0.2, 0.25) is 0 Å². The normalized spacial score (nSPS) is 25.5. The fourth-order valence-corrected chi connectivity index (χ4v) is 4.41. The van der Waals surface area contributed by atoms with Crippen molar-refractivity contribution in [2.75, 3.05) is 0 Å². The maximum atomic E-state index is 11.1. The molecule has 0 radical (unpaired) electrons. The number of hydrogen-bond donors (Lipinski definition) is 1. The zero-order chi connectivity index (χ0) is 15.4. The first-order valence-electron chi connectivity index (χ1n) is 8.29. The van der Waals surface area contributed by atoms with Gasteiger partial charge in [-0.25, -0.2) is 4.98 Å². The summed E-state index contributed by atoms with van der Waals surface area (Å²) in [5.74, 6) is 0.169. The lowest BCUT2D eigenvalue weighted by Crippen LogP contribution is -2.23. The summed E-state index contributed by atoms with van der Waals surface area (Å²) < 4.78 is 4.44. The van der Waals surface area contributed by atoms with Crippen LogP contribution in [0.25, 0.3) is 11.3 Å². The fraction of sp³-hybridized carbons (Fsp3) is 0.316. The minimum Gasteiger partial charge on any atom is -0.387 e. The first kappa shape index (κ1) is 13.1. The van der Waals surface area contributed by atoms with Crippen LogP contribution < -0.4 is 0 Å². The van der Waals surface area contributed by atoms with Crippen LogP contribution in [0.3, 0.4) is 0 Å². The van der Waals surface area contributed by atoms with Gasteiger partial charge in [0.2, 0.25) is 0 Å². The number of rotatable bonds is 1. The summed E-state index contributed by atoms with van der Waals surface area (Å²) >= 11 is 0. The van der Waals surface area contributed by atoms with Crippen molar-refractivity contribution in [3.8, 4) is 11.3 Å². The highest BCUT2D eigenvalue weighted by molar-refractivity contribution is 5.69. The average Bonchev–Trinajstić information content (AvgIpc) is 3.25. The summed E-state index contributed by atoms with van der Waals surface area (Å²) in [5, 5.41) is 11.1. The highest BCUT2D eigenvalue weighted by Crippen LogP contribution is 2.48. The lowest BCUT2D eigenvalue weighted by atomic mass is 9.84. The number of aliphatic hydroxyl groups excluding tert-OH is 1. The number of aromatic nitrogens is 3. The molecular formula is C19H19N3O. The van der Waals surface area contributed by atoms with E-state index in [9.17, 15) is 5.11 Å². The summed E-state index contributed by atoms with van der Waals surface area (Å²) in [7, 11) is 0. The number of imidazole rings is 1. The van der Waals surface area contributed by atoms with Crippen molar-refractivity contribution in [3.05, 3.63) is 66.4 Å². The van der Waals surface area contributed by atoms with Crippen molar-refractivity contribution in [3.63, 3.8) is 0 Å². The van der Waals surface area contributed by atoms with E-state index in [1.807, 2.05) is 18.6 Å². The molecule has 0 amide bonds. The molecule has 0 spiro atoms. The molecule has 4 heterocycles. The third-order valence-electron chi connectivity index (χ3n) is 5.44. The topological polar surface area (TPSA) is 43.0 Å². The Labute approximate surface area is 135 Å². The molecule has 23 heavy (non-hydrogen) atoms. The average molecular weight is 305 g/mol. The molecule has 2 aliphatic heterocycles. The van der Waals surface area contributed by atoms with Crippen molar-refractivity contribution in [1.29, 1.82) is 0 Å². The fourth-order valence-electron chi connectivity index (χ4n) is 4.41. The molecule has 1 N–H and O–H groups in total. The molecule has 0 saturated heterocycles. The van der Waals surface area contributed by atoms with E-state index in [0.29, 0.717) is 0 Å². The van der Waals surface area contributed by atoms with Gasteiger partial charge in [0.15, 0.2) is 0 Å². The molecule has 3 aromatic rings. The van der Waals surface area contributed by atoms with Gasteiger partial charge in [-0.2, -0.15) is 0 Å². The predicted octanol–water partition coefficient (Wildman–Crippen LogP) is 3.40. The van der Waals surface area contributed by atoms with Gasteiger partial charge in [0, 0.05) is 29.9 Å². The van der Waals surface area contributed by atoms with Crippen molar-refractivity contribution < 1.29 is 5.11 Å². The van der Waals surface area contributed by atoms with E-state index in [2.05, 4.69) is 50.6 Å². The molecule has 0 saturated carbocycles. The molecule has 0 aliphatic carbocycles. The van der Waals surface area contributed by atoms with E-state index >= 15 is 0 Å². The number of benzene rings is 1. The van der Waals surface area contributed by atoms with Crippen molar-refractivity contribution in [2.24, 2.45) is 5.92 Å². The van der Waals surface area contributed by atoms with Crippen molar-refractivity contribution >= 4 is 0 Å². The van der Waals surface area contributed by atoms with E-state index in [1.165, 1.54) is 11.1 Å². The van der Waals surface area contributed by atoms with Gasteiger partial charge in [-0.05, 0) is 30.5 Å². The molecular weight excluding hydrogens is 286 g/mol. The van der Waals surface area contributed by atoms with Gasteiger partial charge in [0.05, 0.1) is 30.4 Å². The lowest BCUT2D eigenvalue weighted by molar-refractivity contribution is 0.0803. The van der Waals surface area contributed by atoms with Crippen LogP contribution in [0.5, 0.6) is 0 Å². The maximum absolute atomic E-state index is 11.1. The molecule has 4 nitrogen and oxygen atoms in total. The Balaban J connectivity index is 1.65. The molecule has 4 heteroatoms. The smallest absolute Gasteiger partial charge is 0.0990 e. The van der Waals surface area contributed by atoms with E-state index in [0.717, 1.165) is 30.8 Å². The van der Waals surface area contributed by atoms with Crippen LogP contribution in [0.1, 0.15) is 36.2 Å². The number of fused-ring (bicyclic) bond motifs is 4. The standard InChI is InChI=1S/C19H19N3O/c23-19-15(7-3-9-21-10-4-8-16(19)21)18-14-6-2-1-5-13(14)17-11-20-12-22(17)18/h1-2,4-6,8,10-12,15,18-19,23H,3,7,9H2/t15-,18-,19+/m1/s1. The van der Waals surface area contributed by atoms with E-state index in [1.54, 1.807) is 0 Å². The second-order valence-corrected chi connectivity index (χ2v) is 6.60. The number of aliphatic hydroxyl groups is 1. The largest absolute Gasteiger partial charge is 0.387 e. The summed E-state index contributed by atoms with van der Waals surface area (Å²) in [6, 6.07) is 12.8. The van der Waals surface area contributed by atoms with Gasteiger partial charge in [-0.15, -0.1) is 0 Å². The van der Waals surface area contributed by atoms with E-state index < -0.39 is 6.10 Å². The van der Waals surface area contributed by atoms with E-state index in [4.69, 9.17) is 0 Å². The third-order valence-corrected chi connectivity index (χ3v) is 5.44. The second kappa shape index (κ2) is 4.83. The second-order valence-electron chi connectivity index (χ2n) is 6.60. The lowest BCUT2D eigenvalue weighted by Gasteiger charge is -2.29.